The molecule has 0 saturated carbocycles. The summed E-state index contributed by atoms with van der Waals surface area (Å²) in [5.74, 6) is 0.834. The number of hydrogen-bond donors (Lipinski definition) is 1. The molecule has 1 aliphatic heterocycles. The van der Waals surface area contributed by atoms with E-state index >= 15 is 0 Å². The molecular weight excluding hydrogens is 370 g/mol. The van der Waals surface area contributed by atoms with Crippen molar-refractivity contribution in [3.05, 3.63) is 18.2 Å². The Morgan fingerprint density at radius 3 is 2.33 bits per heavy atom. The first-order chi connectivity index (χ1) is 12.8. The second-order valence-corrected chi connectivity index (χ2v) is 8.49. The van der Waals surface area contributed by atoms with E-state index in [9.17, 15) is 13.2 Å². The van der Waals surface area contributed by atoms with Crippen LogP contribution in [0.3, 0.4) is 0 Å². The van der Waals surface area contributed by atoms with E-state index in [-0.39, 0.29) is 30.1 Å². The first-order valence-corrected chi connectivity index (χ1v) is 10.5. The first kappa shape index (κ1) is 21.3. The Morgan fingerprint density at radius 2 is 1.78 bits per heavy atom. The van der Waals surface area contributed by atoms with Crippen LogP contribution >= 0.6 is 0 Å². The van der Waals surface area contributed by atoms with Crippen molar-refractivity contribution < 1.29 is 22.7 Å². The van der Waals surface area contributed by atoms with Crippen LogP contribution in [0.1, 0.15) is 26.7 Å². The molecule has 27 heavy (non-hydrogen) atoms. The second-order valence-electron chi connectivity index (χ2n) is 6.55. The highest BCUT2D eigenvalue weighted by atomic mass is 32.2. The molecule has 1 heterocycles. The first-order valence-electron chi connectivity index (χ1n) is 9.11. The van der Waals surface area contributed by atoms with Crippen LogP contribution in [-0.4, -0.2) is 70.1 Å². The van der Waals surface area contributed by atoms with Gasteiger partial charge >= 0.3 is 6.03 Å². The maximum Gasteiger partial charge on any atom is 0.317 e. The summed E-state index contributed by atoms with van der Waals surface area (Å²) in [5, 5.41) is 2.95. The summed E-state index contributed by atoms with van der Waals surface area (Å²) in [6.45, 7) is 5.27. The highest BCUT2D eigenvalue weighted by Crippen LogP contribution is 2.30. The van der Waals surface area contributed by atoms with E-state index in [4.69, 9.17) is 9.47 Å². The van der Waals surface area contributed by atoms with Crippen molar-refractivity contribution in [3.8, 4) is 11.5 Å². The van der Waals surface area contributed by atoms with E-state index in [0.717, 1.165) is 12.8 Å². The van der Waals surface area contributed by atoms with Gasteiger partial charge in [0.1, 0.15) is 0 Å². The smallest absolute Gasteiger partial charge is 0.317 e. The molecule has 1 aromatic carbocycles. The van der Waals surface area contributed by atoms with Gasteiger partial charge < -0.3 is 19.7 Å². The summed E-state index contributed by atoms with van der Waals surface area (Å²) in [6, 6.07) is 4.50. The largest absolute Gasteiger partial charge is 0.493 e. The van der Waals surface area contributed by atoms with Crippen LogP contribution in [0.4, 0.5) is 4.79 Å². The van der Waals surface area contributed by atoms with Gasteiger partial charge in [-0.3, -0.25) is 0 Å². The predicted octanol–water partition coefficient (Wildman–Crippen LogP) is 1.91. The Hall–Kier alpha value is -2.00. The Morgan fingerprint density at radius 1 is 1.15 bits per heavy atom. The molecule has 1 unspecified atom stereocenters. The molecule has 0 spiro atoms. The van der Waals surface area contributed by atoms with Crippen LogP contribution in [0.5, 0.6) is 11.5 Å². The van der Waals surface area contributed by atoms with Crippen molar-refractivity contribution in [2.75, 3.05) is 40.4 Å². The highest BCUT2D eigenvalue weighted by molar-refractivity contribution is 7.89. The molecule has 1 fully saturated rings. The number of amides is 2. The molecule has 0 aliphatic carbocycles. The molecule has 2 rings (SSSR count). The van der Waals surface area contributed by atoms with Crippen LogP contribution in [0.15, 0.2) is 23.1 Å². The van der Waals surface area contributed by atoms with Crippen molar-refractivity contribution in [3.63, 3.8) is 0 Å². The zero-order chi connectivity index (χ0) is 20.0. The number of carbonyl (C=O) groups is 1. The van der Waals surface area contributed by atoms with Crippen molar-refractivity contribution in [1.82, 2.24) is 14.5 Å². The minimum atomic E-state index is -3.66. The average Bonchev–Trinajstić information content (AvgIpc) is 2.67. The van der Waals surface area contributed by atoms with Gasteiger partial charge in [-0.15, -0.1) is 0 Å². The fourth-order valence-corrected chi connectivity index (χ4v) is 4.50. The third-order valence-corrected chi connectivity index (χ3v) is 6.50. The summed E-state index contributed by atoms with van der Waals surface area (Å²) < 4.78 is 37.6. The minimum Gasteiger partial charge on any atom is -0.493 e. The SMILES string of the molecule is CCCC(C)NC(=O)N1CCN(S(=O)(=O)c2ccc(OC)c(OC)c2)CC1. The van der Waals surface area contributed by atoms with Crippen molar-refractivity contribution in [1.29, 1.82) is 0 Å². The maximum absolute atomic E-state index is 12.9. The van der Waals surface area contributed by atoms with Gasteiger partial charge in [-0.05, 0) is 25.5 Å². The van der Waals surface area contributed by atoms with Gasteiger partial charge in [0.05, 0.1) is 19.1 Å². The number of ether oxygens (including phenoxy) is 2. The summed E-state index contributed by atoms with van der Waals surface area (Å²) in [7, 11) is -0.700. The van der Waals surface area contributed by atoms with Gasteiger partial charge in [0.15, 0.2) is 11.5 Å². The molecule has 0 bridgehead atoms. The summed E-state index contributed by atoms with van der Waals surface area (Å²) >= 11 is 0. The van der Waals surface area contributed by atoms with E-state index in [1.165, 1.54) is 30.7 Å². The van der Waals surface area contributed by atoms with E-state index in [1.54, 1.807) is 11.0 Å². The predicted molar refractivity (Wildman–Crippen MR) is 103 cm³/mol. The van der Waals surface area contributed by atoms with E-state index in [2.05, 4.69) is 12.2 Å². The zero-order valence-electron chi connectivity index (χ0n) is 16.4. The molecule has 2 amide bonds. The molecule has 1 aliphatic rings. The summed E-state index contributed by atoms with van der Waals surface area (Å²) in [5.41, 5.74) is 0. The van der Waals surface area contributed by atoms with Gasteiger partial charge in [0, 0.05) is 38.3 Å². The number of piperazine rings is 1. The van der Waals surface area contributed by atoms with Gasteiger partial charge in [-0.1, -0.05) is 13.3 Å². The van der Waals surface area contributed by atoms with Crippen molar-refractivity contribution >= 4 is 16.1 Å². The third-order valence-electron chi connectivity index (χ3n) is 4.61. The number of benzene rings is 1. The average molecular weight is 400 g/mol. The highest BCUT2D eigenvalue weighted by Gasteiger charge is 2.31. The number of hydrogen-bond acceptors (Lipinski definition) is 5. The quantitative estimate of drug-likeness (QED) is 0.757. The van der Waals surface area contributed by atoms with Gasteiger partial charge in [0.2, 0.25) is 10.0 Å². The van der Waals surface area contributed by atoms with Crippen LogP contribution in [0, 0.1) is 0 Å². The molecule has 1 aromatic rings. The molecule has 1 N–H and O–H groups in total. The topological polar surface area (TPSA) is 88.2 Å². The Labute approximate surface area is 161 Å². The minimum absolute atomic E-state index is 0.107. The van der Waals surface area contributed by atoms with Gasteiger partial charge in [0.25, 0.3) is 0 Å². The van der Waals surface area contributed by atoms with E-state index < -0.39 is 10.0 Å². The van der Waals surface area contributed by atoms with Crippen LogP contribution in [0.25, 0.3) is 0 Å². The molecule has 1 atom stereocenters. The normalized spacial score (nSPS) is 16.7. The fraction of sp³-hybridized carbons (Fsp3) is 0.611. The lowest BCUT2D eigenvalue weighted by Crippen LogP contribution is -2.54. The maximum atomic E-state index is 12.9. The molecule has 9 heteroatoms. The Bertz CT molecular complexity index is 745. The van der Waals surface area contributed by atoms with Crippen LogP contribution < -0.4 is 14.8 Å². The number of nitrogens with one attached hydrogen (secondary N) is 1. The van der Waals surface area contributed by atoms with E-state index in [1.807, 2.05) is 6.92 Å². The standard InChI is InChI=1S/C18H29N3O5S/c1-5-6-14(2)19-18(22)20-9-11-21(12-10-20)27(23,24)15-7-8-16(25-3)17(13-15)26-4/h7-8,13-14H,5-6,9-12H2,1-4H3,(H,19,22). The number of methoxy groups -OCH3 is 2. The van der Waals surface area contributed by atoms with Crippen LogP contribution in [-0.2, 0) is 10.0 Å². The summed E-state index contributed by atoms with van der Waals surface area (Å²) in [4.78, 5) is 14.1. The Kier molecular flexibility index (Phi) is 7.32. The van der Waals surface area contributed by atoms with Crippen molar-refractivity contribution in [2.24, 2.45) is 0 Å². The molecular formula is C18H29N3O5S. The number of nitrogens with zero attached hydrogens (tertiary/aromatic N) is 2. The molecule has 1 saturated heterocycles. The molecule has 8 nitrogen and oxygen atoms in total. The van der Waals surface area contributed by atoms with E-state index in [0.29, 0.717) is 24.6 Å². The molecule has 0 radical (unpaired) electrons. The molecule has 0 aromatic heterocycles. The number of carbonyl (C=O) groups excluding carboxylic acids is 1. The lowest BCUT2D eigenvalue weighted by Gasteiger charge is -2.34. The van der Waals surface area contributed by atoms with Gasteiger partial charge in [-0.25, -0.2) is 13.2 Å². The third kappa shape index (κ3) is 5.04. The summed E-state index contributed by atoms with van der Waals surface area (Å²) in [6.07, 6.45) is 1.91. The van der Waals surface area contributed by atoms with Gasteiger partial charge in [-0.2, -0.15) is 4.31 Å². The number of urea groups is 1. The second kappa shape index (κ2) is 9.27. The zero-order valence-corrected chi connectivity index (χ0v) is 17.2. The van der Waals surface area contributed by atoms with Crippen molar-refractivity contribution in [2.45, 2.75) is 37.6 Å². The van der Waals surface area contributed by atoms with Crippen LogP contribution in [0.2, 0.25) is 0 Å². The number of sulfonamides is 1. The number of rotatable bonds is 7. The fourth-order valence-electron chi connectivity index (χ4n) is 3.06. The Balaban J connectivity index is 2.03. The molecule has 152 valence electrons. The lowest BCUT2D eigenvalue weighted by atomic mass is 10.2. The lowest BCUT2D eigenvalue weighted by molar-refractivity contribution is 0.169. The monoisotopic (exact) mass is 399 g/mol.